The molecule has 0 unspecified atom stereocenters. The predicted octanol–water partition coefficient (Wildman–Crippen LogP) is 18.6. The fourth-order valence-corrected chi connectivity index (χ4v) is 11.8. The molecule has 3 heterocycles. The third-order valence-corrected chi connectivity index (χ3v) is 14.9. The van der Waals surface area contributed by atoms with Gasteiger partial charge in [0.2, 0.25) is 0 Å². The van der Waals surface area contributed by atoms with Gasteiger partial charge in [0.1, 0.15) is 28.2 Å². The lowest BCUT2D eigenvalue weighted by Crippen LogP contribution is -2.32. The predicted molar refractivity (Wildman–Crippen MR) is 293 cm³/mol. The average molecular weight is 923 g/mol. The van der Waals surface area contributed by atoms with Gasteiger partial charge < -0.3 is 23.4 Å². The fourth-order valence-electron chi connectivity index (χ4n) is 11.8. The smallest absolute Gasteiger partial charge is 0.159 e. The first-order valence-electron chi connectivity index (χ1n) is 24.5. The zero-order valence-electron chi connectivity index (χ0n) is 38.9. The second-order valence-electron chi connectivity index (χ2n) is 18.8. The van der Waals surface area contributed by atoms with Crippen LogP contribution in [0.4, 0.5) is 34.1 Å². The lowest BCUT2D eigenvalue weighted by atomic mass is 9.66. The van der Waals surface area contributed by atoms with Crippen molar-refractivity contribution in [1.29, 1.82) is 0 Å². The Hall–Kier alpha value is -9.58. The van der Waals surface area contributed by atoms with Gasteiger partial charge in [-0.05, 0) is 130 Å². The number of anilines is 6. The molecule has 0 saturated carbocycles. The Bertz CT molecular complexity index is 4180. The minimum Gasteiger partial charge on any atom is -0.457 e. The monoisotopic (exact) mass is 922 g/mol. The van der Waals surface area contributed by atoms with E-state index < -0.39 is 5.41 Å². The van der Waals surface area contributed by atoms with Crippen LogP contribution < -0.4 is 14.5 Å². The summed E-state index contributed by atoms with van der Waals surface area (Å²) in [5.74, 6) is 1.69. The molecule has 1 aliphatic heterocycles. The number of hydrogen-bond donors (Lipinski definition) is 0. The molecule has 0 amide bonds. The number of para-hydroxylation sites is 5. The van der Waals surface area contributed by atoms with Crippen molar-refractivity contribution in [2.75, 3.05) is 9.80 Å². The van der Waals surface area contributed by atoms with Crippen LogP contribution in [0.5, 0.6) is 11.5 Å². The van der Waals surface area contributed by atoms with Crippen molar-refractivity contribution >= 4 is 78.0 Å². The van der Waals surface area contributed by atoms with Crippen LogP contribution in [-0.2, 0) is 5.41 Å². The normalized spacial score (nSPS) is 12.9. The van der Waals surface area contributed by atoms with E-state index in [1.54, 1.807) is 0 Å². The fraction of sp³-hybridized carbons (Fsp3) is 0.0149. The molecule has 13 aromatic rings. The first-order chi connectivity index (χ1) is 35.7. The lowest BCUT2D eigenvalue weighted by molar-refractivity contribution is 0.436. The van der Waals surface area contributed by atoms with Crippen molar-refractivity contribution < 1.29 is 13.6 Å². The van der Waals surface area contributed by atoms with E-state index in [2.05, 4.69) is 246 Å². The molecule has 1 spiro atoms. The second-order valence-corrected chi connectivity index (χ2v) is 18.8. The molecule has 0 bridgehead atoms. The largest absolute Gasteiger partial charge is 0.457 e. The van der Waals surface area contributed by atoms with Crippen molar-refractivity contribution in [2.24, 2.45) is 0 Å². The Morgan fingerprint density at radius 1 is 0.292 bits per heavy atom. The highest BCUT2D eigenvalue weighted by Gasteiger charge is 2.51. The van der Waals surface area contributed by atoms with Gasteiger partial charge in [-0.25, -0.2) is 0 Å². The minimum atomic E-state index is -0.647. The molecule has 0 atom stereocenters. The van der Waals surface area contributed by atoms with E-state index in [0.717, 1.165) is 112 Å². The van der Waals surface area contributed by atoms with Gasteiger partial charge in [-0.2, -0.15) is 0 Å². The summed E-state index contributed by atoms with van der Waals surface area (Å²) in [5.41, 5.74) is 18.0. The van der Waals surface area contributed by atoms with Gasteiger partial charge in [0.05, 0.1) is 11.1 Å². The molecule has 0 radical (unpaired) electrons. The van der Waals surface area contributed by atoms with Crippen LogP contribution in [0.25, 0.3) is 66.1 Å². The third-order valence-electron chi connectivity index (χ3n) is 14.9. The summed E-state index contributed by atoms with van der Waals surface area (Å²) in [5, 5.41) is 4.29. The highest BCUT2D eigenvalue weighted by Crippen LogP contribution is 2.63. The number of furan rings is 2. The molecule has 11 aromatic carbocycles. The van der Waals surface area contributed by atoms with E-state index in [-0.39, 0.29) is 0 Å². The summed E-state index contributed by atoms with van der Waals surface area (Å²) in [6.07, 6.45) is 0. The van der Waals surface area contributed by atoms with E-state index in [1.165, 1.54) is 22.3 Å². The van der Waals surface area contributed by atoms with Gasteiger partial charge in [0.25, 0.3) is 0 Å². The molecule has 5 heteroatoms. The van der Waals surface area contributed by atoms with E-state index in [9.17, 15) is 0 Å². The molecule has 0 fully saturated rings. The molecule has 1 aliphatic carbocycles. The zero-order valence-corrected chi connectivity index (χ0v) is 38.9. The number of fused-ring (bicyclic) bond motifs is 15. The van der Waals surface area contributed by atoms with Crippen molar-refractivity contribution in [3.05, 3.63) is 277 Å². The van der Waals surface area contributed by atoms with Crippen LogP contribution in [0.15, 0.2) is 264 Å². The van der Waals surface area contributed by atoms with E-state index >= 15 is 0 Å². The van der Waals surface area contributed by atoms with E-state index in [1.807, 2.05) is 18.2 Å². The molecular weight excluding hydrogens is 881 g/mol. The van der Waals surface area contributed by atoms with Crippen LogP contribution in [0, 0.1) is 0 Å². The topological polar surface area (TPSA) is 42.0 Å². The Kier molecular flexibility index (Phi) is 8.80. The summed E-state index contributed by atoms with van der Waals surface area (Å²) >= 11 is 0. The number of ether oxygens (including phenoxy) is 1. The van der Waals surface area contributed by atoms with Gasteiger partial charge >= 0.3 is 0 Å². The molecule has 0 N–H and O–H groups in total. The van der Waals surface area contributed by atoms with Gasteiger partial charge in [-0.3, -0.25) is 0 Å². The van der Waals surface area contributed by atoms with Crippen LogP contribution in [0.1, 0.15) is 22.3 Å². The molecule has 15 rings (SSSR count). The first-order valence-corrected chi connectivity index (χ1v) is 24.5. The Labute approximate surface area is 415 Å². The van der Waals surface area contributed by atoms with Gasteiger partial charge in [-0.1, -0.05) is 158 Å². The Morgan fingerprint density at radius 3 is 1.53 bits per heavy atom. The van der Waals surface area contributed by atoms with Crippen LogP contribution >= 0.6 is 0 Å². The highest BCUT2D eigenvalue weighted by molar-refractivity contribution is 6.12. The van der Waals surface area contributed by atoms with Crippen LogP contribution in [0.2, 0.25) is 0 Å². The minimum absolute atomic E-state index is 0.647. The lowest BCUT2D eigenvalue weighted by Gasteiger charge is -2.40. The molecule has 72 heavy (non-hydrogen) atoms. The molecule has 2 aliphatic rings. The Morgan fingerprint density at radius 2 is 0.819 bits per heavy atom. The summed E-state index contributed by atoms with van der Waals surface area (Å²) < 4.78 is 20.2. The molecule has 0 saturated heterocycles. The highest BCUT2D eigenvalue weighted by atomic mass is 16.5. The van der Waals surface area contributed by atoms with Crippen molar-refractivity contribution in [1.82, 2.24) is 0 Å². The number of rotatable bonds is 7. The maximum atomic E-state index is 6.95. The van der Waals surface area contributed by atoms with Gasteiger partial charge in [-0.15, -0.1) is 0 Å². The Balaban J connectivity index is 0.988. The summed E-state index contributed by atoms with van der Waals surface area (Å²) in [7, 11) is 0. The number of nitrogens with zero attached hydrogens (tertiary/aromatic N) is 2. The van der Waals surface area contributed by atoms with E-state index in [0.29, 0.717) is 0 Å². The molecule has 5 nitrogen and oxygen atoms in total. The van der Waals surface area contributed by atoms with Gasteiger partial charge in [0.15, 0.2) is 5.58 Å². The second kappa shape index (κ2) is 15.7. The standard InChI is InChI=1S/C67H42N2O3/c1-3-17-45(18-4-1)69(46-19-5-2-6-20-46)60-42-49(40-55-53-24-10-15-29-62(53)72-66(55)60)68(47-34-31-43(32-35-47)44-33-37-54-52-23-9-14-28-61(52)70-65(54)39-44)48-36-38-64-59(41-48)67(58-27-13-16-30-63(58)71-64)56-25-11-7-21-50(56)51-22-8-12-26-57(51)67/h1-42H. The van der Waals surface area contributed by atoms with Gasteiger partial charge in [0, 0.05) is 61.1 Å². The molecule has 338 valence electrons. The van der Waals surface area contributed by atoms with Crippen molar-refractivity contribution in [3.8, 4) is 33.8 Å². The third kappa shape index (κ3) is 5.95. The van der Waals surface area contributed by atoms with Crippen molar-refractivity contribution in [2.45, 2.75) is 5.41 Å². The average Bonchev–Trinajstić information content (AvgIpc) is 4.11. The van der Waals surface area contributed by atoms with Crippen LogP contribution in [0.3, 0.4) is 0 Å². The summed E-state index contributed by atoms with van der Waals surface area (Å²) in [6, 6.07) is 90.8. The number of hydrogen-bond acceptors (Lipinski definition) is 5. The maximum Gasteiger partial charge on any atom is 0.159 e. The summed E-state index contributed by atoms with van der Waals surface area (Å²) in [6.45, 7) is 0. The SMILES string of the molecule is c1ccc(N(c2ccccc2)c2cc(N(c3ccc(-c4ccc5c(c4)oc4ccccc45)cc3)c3ccc4c(c3)C3(c5ccccc5O4)c4ccccc4-c4ccccc43)cc3c2oc2ccccc23)cc1. The van der Waals surface area contributed by atoms with Crippen LogP contribution in [-0.4, -0.2) is 0 Å². The first kappa shape index (κ1) is 40.3. The molecule has 2 aromatic heterocycles. The van der Waals surface area contributed by atoms with Crippen molar-refractivity contribution in [3.63, 3.8) is 0 Å². The maximum absolute atomic E-state index is 6.95. The zero-order chi connectivity index (χ0) is 47.3. The summed E-state index contributed by atoms with van der Waals surface area (Å²) in [4.78, 5) is 4.70. The number of benzene rings is 11. The quantitative estimate of drug-likeness (QED) is 0.159. The molecular formula is C67H42N2O3. The van der Waals surface area contributed by atoms with E-state index in [4.69, 9.17) is 13.6 Å².